The summed E-state index contributed by atoms with van der Waals surface area (Å²) in [5.41, 5.74) is -1.68. The summed E-state index contributed by atoms with van der Waals surface area (Å²) in [6.45, 7) is 21.2. The highest BCUT2D eigenvalue weighted by Gasteiger charge is 2.36. The second-order valence-electron chi connectivity index (χ2n) is 14.7. The number of hydrogen-bond acceptors (Lipinski definition) is 8. The van der Waals surface area contributed by atoms with E-state index in [0.29, 0.717) is 69.3 Å². The van der Waals surface area contributed by atoms with Gasteiger partial charge in [0.05, 0.1) is 23.5 Å². The molecule has 0 spiro atoms. The van der Waals surface area contributed by atoms with E-state index in [9.17, 15) is 24.0 Å². The lowest BCUT2D eigenvalue weighted by Crippen LogP contribution is -2.48. The van der Waals surface area contributed by atoms with Gasteiger partial charge in [-0.1, -0.05) is 55.4 Å². The Balaban J connectivity index is 4.73. The van der Waals surface area contributed by atoms with E-state index >= 15 is 0 Å². The Kier molecular flexibility index (Phi) is 21.6. The molecule has 0 aromatic heterocycles. The fourth-order valence-corrected chi connectivity index (χ4v) is 6.16. The molecule has 2 atom stereocenters. The summed E-state index contributed by atoms with van der Waals surface area (Å²) < 4.78 is 6.13. The maximum atomic E-state index is 13.1. The zero-order chi connectivity index (χ0) is 36.3. The Morgan fingerprint density at radius 3 is 2.11 bits per heavy atom. The van der Waals surface area contributed by atoms with Crippen LogP contribution in [0.1, 0.15) is 108 Å². The van der Waals surface area contributed by atoms with Crippen LogP contribution in [0.5, 0.6) is 0 Å². The van der Waals surface area contributed by atoms with Crippen LogP contribution in [0.4, 0.5) is 0 Å². The third kappa shape index (κ3) is 23.1. The van der Waals surface area contributed by atoms with Gasteiger partial charge in [0.15, 0.2) is 0 Å². The summed E-state index contributed by atoms with van der Waals surface area (Å²) in [7, 11) is 0. The van der Waals surface area contributed by atoms with Gasteiger partial charge in [-0.2, -0.15) is 11.8 Å². The van der Waals surface area contributed by atoms with Gasteiger partial charge in [0.25, 0.3) is 0 Å². The number of carboxylic acid groups (broad SMARTS) is 1. The van der Waals surface area contributed by atoms with Crippen LogP contribution in [0.15, 0.2) is 0 Å². The topological polar surface area (TPSA) is 163 Å². The Morgan fingerprint density at radius 1 is 0.851 bits per heavy atom. The fourth-order valence-electron chi connectivity index (χ4n) is 5.10. The van der Waals surface area contributed by atoms with Gasteiger partial charge in [-0.05, 0) is 68.3 Å². The van der Waals surface area contributed by atoms with E-state index in [0.717, 1.165) is 5.75 Å². The molecule has 0 saturated carbocycles. The molecule has 0 fully saturated rings. The van der Waals surface area contributed by atoms with Crippen molar-refractivity contribution in [2.75, 3.05) is 43.5 Å². The minimum absolute atomic E-state index is 0.00106. The smallest absolute Gasteiger partial charge is 0.303 e. The van der Waals surface area contributed by atoms with Gasteiger partial charge in [0.1, 0.15) is 6.04 Å². The molecule has 0 bridgehead atoms. The number of rotatable bonds is 26. The van der Waals surface area contributed by atoms with Crippen molar-refractivity contribution in [1.29, 1.82) is 0 Å². The number of hydrogen-bond donors (Lipinski definition) is 5. The molecule has 1 unspecified atom stereocenters. The van der Waals surface area contributed by atoms with Crippen molar-refractivity contribution in [2.45, 2.75) is 125 Å². The lowest BCUT2D eigenvalue weighted by atomic mass is 9.73. The summed E-state index contributed by atoms with van der Waals surface area (Å²) in [5, 5.41) is 21.2. The van der Waals surface area contributed by atoms with Gasteiger partial charge >= 0.3 is 5.97 Å². The first-order chi connectivity index (χ1) is 21.7. The number of carbonyl (C=O) groups excluding carboxylic acids is 4. The molecule has 0 heterocycles. The first-order valence-electron chi connectivity index (χ1n) is 16.9. The average molecular weight is 705 g/mol. The molecule has 0 aliphatic carbocycles. The van der Waals surface area contributed by atoms with Crippen LogP contribution in [0.25, 0.3) is 0 Å². The minimum Gasteiger partial charge on any atom is -0.481 e. The van der Waals surface area contributed by atoms with E-state index in [1.165, 1.54) is 11.8 Å². The van der Waals surface area contributed by atoms with Gasteiger partial charge in [-0.15, -0.1) is 11.8 Å². The van der Waals surface area contributed by atoms with Crippen LogP contribution in [-0.2, 0) is 28.7 Å². The number of nitrogens with one attached hydrogen (secondary N) is 4. The molecule has 0 aliphatic rings. The van der Waals surface area contributed by atoms with E-state index in [-0.39, 0.29) is 41.7 Å². The second kappa shape index (κ2) is 22.6. The van der Waals surface area contributed by atoms with Crippen molar-refractivity contribution in [3.63, 3.8) is 0 Å². The maximum Gasteiger partial charge on any atom is 0.303 e. The minimum atomic E-state index is -0.873. The number of amides is 4. The van der Waals surface area contributed by atoms with Crippen LogP contribution in [0, 0.1) is 16.7 Å². The Labute approximate surface area is 292 Å². The molecule has 274 valence electrons. The van der Waals surface area contributed by atoms with E-state index in [2.05, 4.69) is 21.3 Å². The SMILES string of the molecule is CCSCC(=O)NCCC[C@H](NC(=O)CSC(C)C)C(=O)NCC(C)CCOC(C)(C)CCNC(=O)C(C)(C)CC(C)(C)CC(=O)O. The van der Waals surface area contributed by atoms with Gasteiger partial charge in [0.2, 0.25) is 23.6 Å². The predicted octanol–water partition coefficient (Wildman–Crippen LogP) is 4.62. The van der Waals surface area contributed by atoms with Crippen LogP contribution in [0.3, 0.4) is 0 Å². The van der Waals surface area contributed by atoms with Gasteiger partial charge in [0, 0.05) is 31.7 Å². The zero-order valence-corrected chi connectivity index (χ0v) is 32.3. The molecule has 4 amide bonds. The summed E-state index contributed by atoms with van der Waals surface area (Å²) >= 11 is 3.07. The molecule has 0 radical (unpaired) electrons. The van der Waals surface area contributed by atoms with Gasteiger partial charge in [-0.3, -0.25) is 24.0 Å². The highest BCUT2D eigenvalue weighted by Crippen LogP contribution is 2.36. The van der Waals surface area contributed by atoms with E-state index in [4.69, 9.17) is 9.84 Å². The Hall–Kier alpha value is -1.99. The van der Waals surface area contributed by atoms with Crippen LogP contribution >= 0.6 is 23.5 Å². The normalized spacial score (nSPS) is 13.5. The molecular weight excluding hydrogens is 641 g/mol. The van der Waals surface area contributed by atoms with E-state index in [1.54, 1.807) is 11.8 Å². The van der Waals surface area contributed by atoms with Gasteiger partial charge < -0.3 is 31.1 Å². The third-order valence-corrected chi connectivity index (χ3v) is 9.50. The van der Waals surface area contributed by atoms with Crippen molar-refractivity contribution in [3.05, 3.63) is 0 Å². The molecule has 47 heavy (non-hydrogen) atoms. The number of aliphatic carboxylic acids is 1. The quantitative estimate of drug-likeness (QED) is 0.0809. The Bertz CT molecular complexity index is 990. The van der Waals surface area contributed by atoms with E-state index < -0.39 is 28.4 Å². The first kappa shape index (κ1) is 45.0. The molecule has 0 saturated heterocycles. The highest BCUT2D eigenvalue weighted by atomic mass is 32.2. The Morgan fingerprint density at radius 2 is 1.51 bits per heavy atom. The molecule has 0 aromatic rings. The first-order valence-corrected chi connectivity index (χ1v) is 19.1. The second-order valence-corrected chi connectivity index (χ2v) is 17.5. The number of carbonyl (C=O) groups is 5. The number of thioether (sulfide) groups is 2. The highest BCUT2D eigenvalue weighted by molar-refractivity contribution is 8.00. The number of ether oxygens (including phenoxy) is 1. The molecule has 5 N–H and O–H groups in total. The largest absolute Gasteiger partial charge is 0.481 e. The predicted molar refractivity (Wildman–Crippen MR) is 194 cm³/mol. The van der Waals surface area contributed by atoms with Crippen molar-refractivity contribution < 1.29 is 33.8 Å². The third-order valence-electron chi connectivity index (χ3n) is 7.53. The average Bonchev–Trinajstić information content (AvgIpc) is 2.93. The van der Waals surface area contributed by atoms with Gasteiger partial charge in [-0.25, -0.2) is 0 Å². The van der Waals surface area contributed by atoms with Crippen molar-refractivity contribution in [1.82, 2.24) is 21.3 Å². The summed E-state index contributed by atoms with van der Waals surface area (Å²) in [4.78, 5) is 61.5. The summed E-state index contributed by atoms with van der Waals surface area (Å²) in [6.07, 6.45) is 2.76. The molecule has 0 rings (SSSR count). The lowest BCUT2D eigenvalue weighted by Gasteiger charge is -2.33. The molecule has 0 aromatic carbocycles. The summed E-state index contributed by atoms with van der Waals surface area (Å²) in [6, 6.07) is -0.678. The monoisotopic (exact) mass is 704 g/mol. The van der Waals surface area contributed by atoms with Crippen molar-refractivity contribution >= 4 is 53.1 Å². The van der Waals surface area contributed by atoms with Crippen molar-refractivity contribution in [2.24, 2.45) is 16.7 Å². The van der Waals surface area contributed by atoms with Crippen molar-refractivity contribution in [3.8, 4) is 0 Å². The lowest BCUT2D eigenvalue weighted by molar-refractivity contribution is -0.141. The van der Waals surface area contributed by atoms with Crippen LogP contribution in [-0.4, -0.2) is 95.1 Å². The summed E-state index contributed by atoms with van der Waals surface area (Å²) in [5.74, 6) is 0.258. The van der Waals surface area contributed by atoms with E-state index in [1.807, 2.05) is 69.2 Å². The molecule has 13 heteroatoms. The maximum absolute atomic E-state index is 13.1. The molecule has 11 nitrogen and oxygen atoms in total. The number of carboxylic acids is 1. The molecular formula is C34H64N4O7S2. The van der Waals surface area contributed by atoms with Crippen LogP contribution in [0.2, 0.25) is 0 Å². The zero-order valence-electron chi connectivity index (χ0n) is 30.6. The van der Waals surface area contributed by atoms with Crippen LogP contribution < -0.4 is 21.3 Å². The molecule has 0 aliphatic heterocycles. The standard InChI is InChI=1S/C34H64N4O7S2/c1-11-46-21-27(39)35-16-12-13-26(38-28(40)22-47-24(2)3)30(43)37-20-25(4)14-18-45-34(9,10)15-17-36-31(44)33(7,8)23-32(5,6)19-29(41)42/h24-26H,11-23H2,1-10H3,(H,35,39)(H,36,44)(H,37,43)(H,38,40)(H,41,42)/t25?,26-/m0/s1. The fraction of sp³-hybridized carbons (Fsp3) is 0.853.